The van der Waals surface area contributed by atoms with Crippen molar-refractivity contribution in [1.29, 1.82) is 0 Å². The zero-order valence-electron chi connectivity index (χ0n) is 10.8. The van der Waals surface area contributed by atoms with E-state index in [1.807, 2.05) is 37.0 Å². The molecule has 0 radical (unpaired) electrons. The Hall–Kier alpha value is -2.14. The number of thiazole rings is 1. The Bertz CT molecular complexity index is 699. The highest BCUT2D eigenvalue weighted by Crippen LogP contribution is 2.26. The fourth-order valence-corrected chi connectivity index (χ4v) is 2.60. The van der Waals surface area contributed by atoms with Crippen LogP contribution in [-0.2, 0) is 7.05 Å². The highest BCUT2D eigenvalue weighted by molar-refractivity contribution is 7.14. The van der Waals surface area contributed by atoms with Crippen molar-refractivity contribution >= 4 is 22.2 Å². The first-order valence-electron chi connectivity index (χ1n) is 5.99. The Morgan fingerprint density at radius 3 is 2.95 bits per heavy atom. The Kier molecular flexibility index (Phi) is 3.05. The predicted octanol–water partition coefficient (Wildman–Crippen LogP) is 3.60. The van der Waals surface area contributed by atoms with Crippen molar-refractivity contribution < 1.29 is 0 Å². The second-order valence-corrected chi connectivity index (χ2v) is 5.29. The van der Waals surface area contributed by atoms with E-state index in [1.54, 1.807) is 16.0 Å². The van der Waals surface area contributed by atoms with E-state index < -0.39 is 0 Å². The van der Waals surface area contributed by atoms with Gasteiger partial charge in [0.05, 0.1) is 11.9 Å². The number of benzene rings is 1. The molecule has 0 saturated heterocycles. The lowest BCUT2D eigenvalue weighted by molar-refractivity contribution is 0.768. The molecule has 2 aromatic heterocycles. The summed E-state index contributed by atoms with van der Waals surface area (Å²) in [4.78, 5) is 4.57. The average molecular weight is 270 g/mol. The molecule has 3 rings (SSSR count). The van der Waals surface area contributed by atoms with Gasteiger partial charge in [-0.1, -0.05) is 12.1 Å². The number of nitrogens with one attached hydrogen (secondary N) is 1. The summed E-state index contributed by atoms with van der Waals surface area (Å²) < 4.78 is 1.78. The second-order valence-electron chi connectivity index (χ2n) is 4.44. The lowest BCUT2D eigenvalue weighted by Gasteiger charge is -2.02. The molecule has 0 atom stereocenters. The summed E-state index contributed by atoms with van der Waals surface area (Å²) in [7, 11) is 1.90. The van der Waals surface area contributed by atoms with Crippen LogP contribution in [-0.4, -0.2) is 14.8 Å². The Labute approximate surface area is 115 Å². The lowest BCUT2D eigenvalue weighted by atomic mass is 10.2. The molecule has 0 fully saturated rings. The molecule has 0 aliphatic rings. The third kappa shape index (κ3) is 2.66. The van der Waals surface area contributed by atoms with Crippen LogP contribution >= 0.6 is 11.3 Å². The molecule has 0 aliphatic heterocycles. The van der Waals surface area contributed by atoms with Gasteiger partial charge in [-0.2, -0.15) is 5.10 Å². The van der Waals surface area contributed by atoms with Gasteiger partial charge in [0.15, 0.2) is 5.13 Å². The van der Waals surface area contributed by atoms with Crippen molar-refractivity contribution in [3.8, 4) is 11.3 Å². The highest BCUT2D eigenvalue weighted by Gasteiger charge is 2.06. The maximum Gasteiger partial charge on any atom is 0.187 e. The zero-order chi connectivity index (χ0) is 13.2. The molecule has 4 nitrogen and oxygen atoms in total. The van der Waals surface area contributed by atoms with Crippen LogP contribution < -0.4 is 5.32 Å². The van der Waals surface area contributed by atoms with Crippen molar-refractivity contribution in [3.63, 3.8) is 0 Å². The van der Waals surface area contributed by atoms with Gasteiger partial charge in [0.25, 0.3) is 0 Å². The van der Waals surface area contributed by atoms with Crippen LogP contribution in [0, 0.1) is 6.92 Å². The van der Waals surface area contributed by atoms with E-state index in [0.29, 0.717) is 0 Å². The molecule has 3 aromatic rings. The maximum absolute atomic E-state index is 4.57. The largest absolute Gasteiger partial charge is 0.332 e. The topological polar surface area (TPSA) is 42.7 Å². The van der Waals surface area contributed by atoms with E-state index >= 15 is 0 Å². The van der Waals surface area contributed by atoms with Crippen molar-refractivity contribution in [2.45, 2.75) is 6.92 Å². The van der Waals surface area contributed by atoms with E-state index in [0.717, 1.165) is 22.1 Å². The first-order valence-corrected chi connectivity index (χ1v) is 6.87. The molecule has 96 valence electrons. The van der Waals surface area contributed by atoms with Gasteiger partial charge in [-0.15, -0.1) is 11.3 Å². The van der Waals surface area contributed by atoms with Crippen molar-refractivity contribution in [2.75, 3.05) is 5.32 Å². The van der Waals surface area contributed by atoms with Gasteiger partial charge >= 0.3 is 0 Å². The van der Waals surface area contributed by atoms with E-state index in [2.05, 4.69) is 34.5 Å². The number of aryl methyl sites for hydroxylation is 2. The van der Waals surface area contributed by atoms with Gasteiger partial charge in [-0.05, 0) is 24.6 Å². The van der Waals surface area contributed by atoms with Crippen LogP contribution in [0.25, 0.3) is 11.3 Å². The summed E-state index contributed by atoms with van der Waals surface area (Å²) in [5.74, 6) is 0. The summed E-state index contributed by atoms with van der Waals surface area (Å²) in [6.45, 7) is 2.08. The molecule has 19 heavy (non-hydrogen) atoms. The van der Waals surface area contributed by atoms with E-state index in [4.69, 9.17) is 0 Å². The second kappa shape index (κ2) is 4.85. The van der Waals surface area contributed by atoms with E-state index in [1.165, 1.54) is 5.56 Å². The molecule has 0 spiro atoms. The number of hydrogen-bond acceptors (Lipinski definition) is 4. The Balaban J connectivity index is 1.82. The molecule has 0 aliphatic carbocycles. The fraction of sp³-hybridized carbons (Fsp3) is 0.143. The van der Waals surface area contributed by atoms with Gasteiger partial charge in [-0.3, -0.25) is 4.68 Å². The Morgan fingerprint density at radius 2 is 2.21 bits per heavy atom. The van der Waals surface area contributed by atoms with E-state index in [-0.39, 0.29) is 0 Å². The van der Waals surface area contributed by atoms with Crippen LogP contribution in [0.4, 0.5) is 10.8 Å². The number of nitrogens with zero attached hydrogens (tertiary/aromatic N) is 3. The molecule has 1 aromatic carbocycles. The first kappa shape index (κ1) is 11.9. The number of aromatic nitrogens is 3. The highest BCUT2D eigenvalue weighted by atomic mass is 32.1. The molecule has 2 heterocycles. The minimum Gasteiger partial charge on any atom is -0.332 e. The van der Waals surface area contributed by atoms with Gasteiger partial charge in [-0.25, -0.2) is 4.98 Å². The standard InChI is InChI=1S/C14H14N4S/c1-10-4-3-5-12(6-10)16-14-17-13(9-19-14)11-7-15-18(2)8-11/h3-9H,1-2H3,(H,16,17). The lowest BCUT2D eigenvalue weighted by Crippen LogP contribution is -1.89. The number of anilines is 2. The smallest absolute Gasteiger partial charge is 0.187 e. The quantitative estimate of drug-likeness (QED) is 0.790. The van der Waals surface area contributed by atoms with Gasteiger partial charge in [0.1, 0.15) is 0 Å². The third-order valence-electron chi connectivity index (χ3n) is 2.77. The van der Waals surface area contributed by atoms with Crippen LogP contribution in [0.5, 0.6) is 0 Å². The molecule has 0 bridgehead atoms. The summed E-state index contributed by atoms with van der Waals surface area (Å²) >= 11 is 1.60. The predicted molar refractivity (Wildman–Crippen MR) is 78.8 cm³/mol. The molecule has 1 N–H and O–H groups in total. The van der Waals surface area contributed by atoms with Crippen molar-refractivity contribution in [1.82, 2.24) is 14.8 Å². The third-order valence-corrected chi connectivity index (χ3v) is 3.53. The minimum atomic E-state index is 0.893. The Morgan fingerprint density at radius 1 is 1.32 bits per heavy atom. The summed E-state index contributed by atoms with van der Waals surface area (Å²) in [5, 5.41) is 10.4. The van der Waals surface area contributed by atoms with Crippen LogP contribution in [0.15, 0.2) is 42.0 Å². The van der Waals surface area contributed by atoms with E-state index in [9.17, 15) is 0 Å². The van der Waals surface area contributed by atoms with Gasteiger partial charge in [0, 0.05) is 29.9 Å². The van der Waals surface area contributed by atoms with Crippen LogP contribution in [0.2, 0.25) is 0 Å². The maximum atomic E-state index is 4.57. The summed E-state index contributed by atoms with van der Waals surface area (Å²) in [6.07, 6.45) is 3.79. The number of hydrogen-bond donors (Lipinski definition) is 1. The molecule has 0 unspecified atom stereocenters. The molecule has 0 amide bonds. The zero-order valence-corrected chi connectivity index (χ0v) is 11.6. The van der Waals surface area contributed by atoms with Crippen LogP contribution in [0.3, 0.4) is 0 Å². The SMILES string of the molecule is Cc1cccc(Nc2nc(-c3cnn(C)c3)cs2)c1. The van der Waals surface area contributed by atoms with Crippen molar-refractivity contribution in [2.24, 2.45) is 7.05 Å². The molecular weight excluding hydrogens is 256 g/mol. The number of rotatable bonds is 3. The fourth-order valence-electron chi connectivity index (χ4n) is 1.86. The summed E-state index contributed by atoms with van der Waals surface area (Å²) in [6, 6.07) is 8.25. The molecular formula is C14H14N4S. The van der Waals surface area contributed by atoms with Crippen molar-refractivity contribution in [3.05, 3.63) is 47.6 Å². The average Bonchev–Trinajstić information content (AvgIpc) is 2.98. The molecule has 0 saturated carbocycles. The van der Waals surface area contributed by atoms with Gasteiger partial charge in [0.2, 0.25) is 0 Å². The minimum absolute atomic E-state index is 0.893. The first-order chi connectivity index (χ1) is 9.20. The molecule has 5 heteroatoms. The van der Waals surface area contributed by atoms with Crippen LogP contribution in [0.1, 0.15) is 5.56 Å². The monoisotopic (exact) mass is 270 g/mol. The normalized spacial score (nSPS) is 10.6. The van der Waals surface area contributed by atoms with Gasteiger partial charge < -0.3 is 5.32 Å². The summed E-state index contributed by atoms with van der Waals surface area (Å²) in [5.41, 5.74) is 4.28.